The molecule has 1 heterocycles. The number of hydrogen-bond acceptors (Lipinski definition) is 4. The van der Waals surface area contributed by atoms with Gasteiger partial charge in [0.2, 0.25) is 4.77 Å². The normalized spacial score (nSPS) is 12.0. The molecular weight excluding hydrogens is 332 g/mol. The second-order valence-electron chi connectivity index (χ2n) is 6.83. The summed E-state index contributed by atoms with van der Waals surface area (Å²) in [6.45, 7) is 6.54. The molecule has 0 amide bonds. The fourth-order valence-electron chi connectivity index (χ4n) is 2.39. The van der Waals surface area contributed by atoms with E-state index < -0.39 is 0 Å². The zero-order valence-electron chi connectivity index (χ0n) is 14.4. The quantitative estimate of drug-likeness (QED) is 0.539. The SMILES string of the molecule is CC(C)(C)c1ccc(-c2n[nH]c(=S)n2/N=C/c2ccc(O)cc2)cc1. The molecule has 128 valence electrons. The van der Waals surface area contributed by atoms with Crippen LogP contribution in [0.1, 0.15) is 31.9 Å². The number of aromatic nitrogens is 3. The molecule has 2 aromatic carbocycles. The lowest BCUT2D eigenvalue weighted by Gasteiger charge is -2.18. The van der Waals surface area contributed by atoms with Crippen LogP contribution in [0.2, 0.25) is 0 Å². The lowest BCUT2D eigenvalue weighted by Crippen LogP contribution is -2.10. The van der Waals surface area contributed by atoms with Crippen LogP contribution < -0.4 is 0 Å². The maximum absolute atomic E-state index is 9.34. The van der Waals surface area contributed by atoms with Crippen LogP contribution in [0.25, 0.3) is 11.4 Å². The number of phenolic OH excluding ortho intramolecular Hbond substituents is 1. The van der Waals surface area contributed by atoms with Gasteiger partial charge in [0.1, 0.15) is 5.75 Å². The largest absolute Gasteiger partial charge is 0.508 e. The molecule has 0 aliphatic rings. The molecule has 25 heavy (non-hydrogen) atoms. The first-order valence-electron chi connectivity index (χ1n) is 7.96. The Morgan fingerprint density at radius 2 is 1.72 bits per heavy atom. The highest BCUT2D eigenvalue weighted by molar-refractivity contribution is 7.71. The highest BCUT2D eigenvalue weighted by Crippen LogP contribution is 2.25. The van der Waals surface area contributed by atoms with Crippen molar-refractivity contribution in [3.05, 3.63) is 64.4 Å². The number of benzene rings is 2. The van der Waals surface area contributed by atoms with E-state index in [0.717, 1.165) is 11.1 Å². The number of aromatic hydroxyl groups is 1. The van der Waals surface area contributed by atoms with Gasteiger partial charge in [-0.05, 0) is 53.0 Å². The summed E-state index contributed by atoms with van der Waals surface area (Å²) in [5.41, 5.74) is 3.14. The van der Waals surface area contributed by atoms with Gasteiger partial charge in [-0.2, -0.15) is 14.9 Å². The Hall–Kier alpha value is -2.73. The van der Waals surface area contributed by atoms with Gasteiger partial charge in [0.05, 0.1) is 6.21 Å². The summed E-state index contributed by atoms with van der Waals surface area (Å²) in [6, 6.07) is 15.0. The predicted octanol–water partition coefficient (Wildman–Crippen LogP) is 4.49. The highest BCUT2D eigenvalue weighted by atomic mass is 32.1. The molecule has 0 bridgehead atoms. The van der Waals surface area contributed by atoms with Gasteiger partial charge in [-0.25, -0.2) is 5.10 Å². The fraction of sp³-hybridized carbons (Fsp3) is 0.211. The van der Waals surface area contributed by atoms with Crippen LogP contribution in [-0.4, -0.2) is 26.2 Å². The van der Waals surface area contributed by atoms with Gasteiger partial charge in [0.25, 0.3) is 0 Å². The number of rotatable bonds is 3. The number of nitrogens with one attached hydrogen (secondary N) is 1. The number of H-pyrrole nitrogens is 1. The minimum atomic E-state index is 0.0975. The molecule has 0 unspecified atom stereocenters. The summed E-state index contributed by atoms with van der Waals surface area (Å²) in [5.74, 6) is 0.872. The van der Waals surface area contributed by atoms with E-state index in [4.69, 9.17) is 12.2 Å². The molecule has 0 saturated heterocycles. The van der Waals surface area contributed by atoms with Gasteiger partial charge in [0.15, 0.2) is 5.82 Å². The Balaban J connectivity index is 1.94. The van der Waals surface area contributed by atoms with Crippen LogP contribution in [0.4, 0.5) is 0 Å². The fourth-order valence-corrected chi connectivity index (χ4v) is 2.57. The molecule has 0 saturated carbocycles. The number of hydrogen-bond donors (Lipinski definition) is 2. The molecule has 3 aromatic rings. The topological polar surface area (TPSA) is 66.2 Å². The van der Waals surface area contributed by atoms with Crippen molar-refractivity contribution >= 4 is 18.4 Å². The summed E-state index contributed by atoms with van der Waals surface area (Å²) in [4.78, 5) is 0. The second-order valence-corrected chi connectivity index (χ2v) is 7.21. The van der Waals surface area contributed by atoms with Crippen molar-refractivity contribution in [3.63, 3.8) is 0 Å². The first kappa shape index (κ1) is 17.1. The third-order valence-corrected chi connectivity index (χ3v) is 4.14. The average Bonchev–Trinajstić information content (AvgIpc) is 2.94. The Morgan fingerprint density at radius 3 is 2.32 bits per heavy atom. The summed E-state index contributed by atoms with van der Waals surface area (Å²) in [7, 11) is 0. The molecule has 2 N–H and O–H groups in total. The van der Waals surface area contributed by atoms with E-state index in [1.807, 2.05) is 12.1 Å². The number of aromatic amines is 1. The minimum absolute atomic E-state index is 0.0975. The Morgan fingerprint density at radius 1 is 1.08 bits per heavy atom. The number of phenols is 1. The van der Waals surface area contributed by atoms with Crippen molar-refractivity contribution in [2.24, 2.45) is 5.10 Å². The van der Waals surface area contributed by atoms with E-state index in [0.29, 0.717) is 10.6 Å². The maximum Gasteiger partial charge on any atom is 0.216 e. The third-order valence-electron chi connectivity index (χ3n) is 3.87. The molecule has 0 aliphatic heterocycles. The average molecular weight is 352 g/mol. The first-order valence-corrected chi connectivity index (χ1v) is 8.37. The van der Waals surface area contributed by atoms with Gasteiger partial charge >= 0.3 is 0 Å². The highest BCUT2D eigenvalue weighted by Gasteiger charge is 2.14. The Bertz CT molecular complexity index is 945. The van der Waals surface area contributed by atoms with Crippen molar-refractivity contribution in [2.45, 2.75) is 26.2 Å². The molecule has 0 spiro atoms. The third kappa shape index (κ3) is 3.85. The van der Waals surface area contributed by atoms with Crippen LogP contribution in [0.15, 0.2) is 53.6 Å². The van der Waals surface area contributed by atoms with E-state index in [2.05, 4.69) is 48.2 Å². The Kier molecular flexibility index (Phi) is 4.55. The van der Waals surface area contributed by atoms with E-state index in [1.165, 1.54) is 5.56 Å². The van der Waals surface area contributed by atoms with Gasteiger partial charge in [0, 0.05) is 5.56 Å². The van der Waals surface area contributed by atoms with Gasteiger partial charge < -0.3 is 5.11 Å². The Labute approximate surface area is 151 Å². The molecule has 5 nitrogen and oxygen atoms in total. The van der Waals surface area contributed by atoms with Crippen LogP contribution in [0.3, 0.4) is 0 Å². The van der Waals surface area contributed by atoms with Crippen LogP contribution >= 0.6 is 12.2 Å². The van der Waals surface area contributed by atoms with E-state index >= 15 is 0 Å². The van der Waals surface area contributed by atoms with Crippen LogP contribution in [-0.2, 0) is 5.41 Å². The van der Waals surface area contributed by atoms with Crippen molar-refractivity contribution in [1.29, 1.82) is 0 Å². The van der Waals surface area contributed by atoms with Gasteiger partial charge in [-0.1, -0.05) is 45.0 Å². The minimum Gasteiger partial charge on any atom is -0.508 e. The summed E-state index contributed by atoms with van der Waals surface area (Å²) >= 11 is 5.29. The molecule has 0 atom stereocenters. The lowest BCUT2D eigenvalue weighted by molar-refractivity contribution is 0.475. The lowest BCUT2D eigenvalue weighted by atomic mass is 9.87. The monoisotopic (exact) mass is 352 g/mol. The van der Waals surface area contributed by atoms with Crippen molar-refractivity contribution in [2.75, 3.05) is 0 Å². The van der Waals surface area contributed by atoms with Crippen molar-refractivity contribution < 1.29 is 5.11 Å². The molecule has 1 aromatic heterocycles. The molecular formula is C19H20N4OS. The molecule has 0 fully saturated rings. The van der Waals surface area contributed by atoms with Crippen LogP contribution in [0.5, 0.6) is 5.75 Å². The predicted molar refractivity (Wildman–Crippen MR) is 103 cm³/mol. The summed E-state index contributed by atoms with van der Waals surface area (Å²) < 4.78 is 2.01. The van der Waals surface area contributed by atoms with E-state index in [-0.39, 0.29) is 11.2 Å². The number of nitrogens with zero attached hydrogens (tertiary/aromatic N) is 3. The van der Waals surface area contributed by atoms with Gasteiger partial charge in [-0.15, -0.1) is 0 Å². The van der Waals surface area contributed by atoms with Crippen LogP contribution in [0, 0.1) is 4.77 Å². The zero-order valence-corrected chi connectivity index (χ0v) is 15.2. The van der Waals surface area contributed by atoms with Gasteiger partial charge in [-0.3, -0.25) is 0 Å². The second kappa shape index (κ2) is 6.64. The summed E-state index contributed by atoms with van der Waals surface area (Å²) in [5, 5.41) is 20.9. The van der Waals surface area contributed by atoms with Crippen molar-refractivity contribution in [3.8, 4) is 17.1 Å². The molecule has 3 rings (SSSR count). The summed E-state index contributed by atoms with van der Waals surface area (Å²) in [6.07, 6.45) is 1.68. The van der Waals surface area contributed by atoms with E-state index in [9.17, 15) is 5.11 Å². The van der Waals surface area contributed by atoms with Crippen molar-refractivity contribution in [1.82, 2.24) is 14.9 Å². The molecule has 0 radical (unpaired) electrons. The standard InChI is InChI=1S/C19H20N4OS/c1-19(2,3)15-8-6-14(7-9-15)17-21-22-18(25)23(17)20-12-13-4-10-16(24)11-5-13/h4-12,24H,1-3H3,(H,22,25)/b20-12+. The first-order chi connectivity index (χ1) is 11.8. The zero-order chi connectivity index (χ0) is 18.0. The van der Waals surface area contributed by atoms with E-state index in [1.54, 1.807) is 35.2 Å². The smallest absolute Gasteiger partial charge is 0.216 e. The molecule has 6 heteroatoms. The molecule has 0 aliphatic carbocycles. The maximum atomic E-state index is 9.34.